The van der Waals surface area contributed by atoms with Crippen molar-refractivity contribution >= 4 is 11.6 Å². The minimum atomic E-state index is -0.0880. The first-order chi connectivity index (χ1) is 8.11. The number of hydrogen-bond acceptors (Lipinski definition) is 3. The maximum atomic E-state index is 12.2. The summed E-state index contributed by atoms with van der Waals surface area (Å²) in [5.41, 5.74) is 7.62. The van der Waals surface area contributed by atoms with E-state index in [-0.39, 0.29) is 11.8 Å². The zero-order valence-electron chi connectivity index (χ0n) is 10.2. The van der Waals surface area contributed by atoms with Crippen molar-refractivity contribution in [1.82, 2.24) is 15.1 Å². The van der Waals surface area contributed by atoms with Gasteiger partial charge in [-0.2, -0.15) is 5.10 Å². The van der Waals surface area contributed by atoms with Gasteiger partial charge in [0, 0.05) is 13.1 Å². The van der Waals surface area contributed by atoms with E-state index in [0.717, 1.165) is 18.7 Å². The van der Waals surface area contributed by atoms with E-state index in [9.17, 15) is 4.79 Å². The van der Waals surface area contributed by atoms with E-state index >= 15 is 0 Å². The summed E-state index contributed by atoms with van der Waals surface area (Å²) in [6.45, 7) is 5.41. The number of aromatic nitrogens is 2. The molecule has 5 nitrogen and oxygen atoms in total. The molecule has 0 saturated heterocycles. The van der Waals surface area contributed by atoms with Crippen molar-refractivity contribution in [3.05, 3.63) is 23.5 Å². The number of rotatable bonds is 2. The number of amides is 1. The van der Waals surface area contributed by atoms with Crippen LogP contribution in [0.2, 0.25) is 0 Å². The molecule has 92 valence electrons. The van der Waals surface area contributed by atoms with Crippen molar-refractivity contribution in [1.29, 1.82) is 0 Å². The van der Waals surface area contributed by atoms with E-state index < -0.39 is 0 Å². The molecule has 0 saturated carbocycles. The molecule has 0 aliphatic carbocycles. The quantitative estimate of drug-likeness (QED) is 0.762. The average Bonchev–Trinajstić information content (AvgIpc) is 2.71. The van der Waals surface area contributed by atoms with Gasteiger partial charge in [-0.15, -0.1) is 0 Å². The van der Waals surface area contributed by atoms with Gasteiger partial charge in [0.05, 0.1) is 11.4 Å². The van der Waals surface area contributed by atoms with E-state index in [1.165, 1.54) is 0 Å². The molecule has 17 heavy (non-hydrogen) atoms. The molecule has 5 heteroatoms. The number of carbonyl (C=O) groups is 1. The van der Waals surface area contributed by atoms with Gasteiger partial charge >= 0.3 is 0 Å². The van der Waals surface area contributed by atoms with Crippen LogP contribution in [0.25, 0.3) is 0 Å². The van der Waals surface area contributed by atoms with Crippen LogP contribution in [0.5, 0.6) is 0 Å². The minimum Gasteiger partial charge on any atom is -0.395 e. The monoisotopic (exact) mass is 234 g/mol. The first-order valence-corrected chi connectivity index (χ1v) is 5.89. The molecule has 2 rings (SSSR count). The van der Waals surface area contributed by atoms with E-state index in [2.05, 4.69) is 16.3 Å². The van der Waals surface area contributed by atoms with Gasteiger partial charge in [-0.05, 0) is 12.3 Å². The average molecular weight is 234 g/mol. The van der Waals surface area contributed by atoms with Gasteiger partial charge in [-0.3, -0.25) is 9.89 Å². The zero-order valence-corrected chi connectivity index (χ0v) is 10.2. The Hall–Kier alpha value is -1.78. The predicted octanol–water partition coefficient (Wildman–Crippen LogP) is 1.52. The Kier molecular flexibility index (Phi) is 3.17. The van der Waals surface area contributed by atoms with Gasteiger partial charge in [0.15, 0.2) is 5.69 Å². The first-order valence-electron chi connectivity index (χ1n) is 5.89. The highest BCUT2D eigenvalue weighted by Gasteiger charge is 2.23. The van der Waals surface area contributed by atoms with Crippen LogP contribution in [-0.2, 0) is 0 Å². The summed E-state index contributed by atoms with van der Waals surface area (Å²) in [5, 5.41) is 6.90. The van der Waals surface area contributed by atoms with Crippen LogP contribution in [0.3, 0.4) is 0 Å². The van der Waals surface area contributed by atoms with Gasteiger partial charge in [-0.25, -0.2) is 0 Å². The normalized spacial score (nSPS) is 15.6. The van der Waals surface area contributed by atoms with Crippen LogP contribution >= 0.6 is 0 Å². The van der Waals surface area contributed by atoms with Gasteiger partial charge in [-0.1, -0.05) is 26.0 Å². The van der Waals surface area contributed by atoms with E-state index in [4.69, 9.17) is 5.73 Å². The summed E-state index contributed by atoms with van der Waals surface area (Å²) in [7, 11) is 0. The van der Waals surface area contributed by atoms with Crippen molar-refractivity contribution in [3.63, 3.8) is 0 Å². The fourth-order valence-corrected chi connectivity index (χ4v) is 1.94. The minimum absolute atomic E-state index is 0.0880. The topological polar surface area (TPSA) is 75.0 Å². The number of H-pyrrole nitrogens is 1. The molecule has 0 unspecified atom stereocenters. The van der Waals surface area contributed by atoms with Crippen LogP contribution < -0.4 is 5.73 Å². The van der Waals surface area contributed by atoms with Crippen molar-refractivity contribution in [3.8, 4) is 0 Å². The van der Waals surface area contributed by atoms with Crippen molar-refractivity contribution in [2.75, 3.05) is 18.8 Å². The van der Waals surface area contributed by atoms with E-state index in [1.54, 1.807) is 4.90 Å². The summed E-state index contributed by atoms with van der Waals surface area (Å²) < 4.78 is 0. The Balaban J connectivity index is 2.22. The lowest BCUT2D eigenvalue weighted by atomic mass is 10.1. The molecular formula is C12H18N4O. The van der Waals surface area contributed by atoms with Gasteiger partial charge in [0.2, 0.25) is 0 Å². The number of hydrogen-bond donors (Lipinski definition) is 2. The molecular weight excluding hydrogens is 216 g/mol. The molecule has 0 bridgehead atoms. The van der Waals surface area contributed by atoms with Crippen LogP contribution in [0.1, 0.15) is 42.4 Å². The Labute approximate surface area is 101 Å². The van der Waals surface area contributed by atoms with Crippen LogP contribution in [0.15, 0.2) is 12.2 Å². The molecule has 0 aromatic carbocycles. The molecule has 1 aliphatic rings. The lowest BCUT2D eigenvalue weighted by Crippen LogP contribution is -2.34. The van der Waals surface area contributed by atoms with Crippen molar-refractivity contribution in [2.24, 2.45) is 0 Å². The molecule has 2 heterocycles. The summed E-state index contributed by atoms with van der Waals surface area (Å²) in [6.07, 6.45) is 4.97. The number of nitrogens with two attached hydrogens (primary N) is 1. The highest BCUT2D eigenvalue weighted by molar-refractivity contribution is 5.97. The molecule has 0 atom stereocenters. The highest BCUT2D eigenvalue weighted by atomic mass is 16.2. The molecule has 0 radical (unpaired) electrons. The van der Waals surface area contributed by atoms with Gasteiger partial charge in [0.1, 0.15) is 0 Å². The fraction of sp³-hybridized carbons (Fsp3) is 0.500. The number of aromatic amines is 1. The molecule has 1 amide bonds. The predicted molar refractivity (Wildman–Crippen MR) is 66.7 cm³/mol. The molecule has 1 aromatic rings. The fourth-order valence-electron chi connectivity index (χ4n) is 1.94. The van der Waals surface area contributed by atoms with Gasteiger partial charge in [0.25, 0.3) is 5.91 Å². The van der Waals surface area contributed by atoms with Crippen LogP contribution in [0.4, 0.5) is 5.69 Å². The number of nitrogens with one attached hydrogen (secondary N) is 1. The highest BCUT2D eigenvalue weighted by Crippen LogP contribution is 2.23. The smallest absolute Gasteiger partial charge is 0.276 e. The molecule has 3 N–H and O–H groups in total. The summed E-state index contributed by atoms with van der Waals surface area (Å²) in [4.78, 5) is 13.9. The second-order valence-electron chi connectivity index (χ2n) is 4.57. The standard InChI is InChI=1S/C12H18N4O/c1-8(2)10-9(13)11(15-14-10)12(17)16-6-4-3-5-7-16/h3-4,8H,5-7,13H2,1-2H3,(H,14,15). The SMILES string of the molecule is CC(C)c1[nH]nc(C(=O)N2CC=CCC2)c1N. The number of nitrogens with zero attached hydrogens (tertiary/aromatic N) is 2. The second kappa shape index (κ2) is 4.61. The van der Waals surface area contributed by atoms with Crippen molar-refractivity contribution in [2.45, 2.75) is 26.2 Å². The molecule has 0 fully saturated rings. The molecule has 1 aromatic heterocycles. The molecule has 0 spiro atoms. The van der Waals surface area contributed by atoms with Gasteiger partial charge < -0.3 is 10.6 Å². The maximum Gasteiger partial charge on any atom is 0.276 e. The second-order valence-corrected chi connectivity index (χ2v) is 4.57. The third kappa shape index (κ3) is 2.18. The third-order valence-corrected chi connectivity index (χ3v) is 2.96. The summed E-state index contributed by atoms with van der Waals surface area (Å²) >= 11 is 0. The Morgan fingerprint density at radius 2 is 2.29 bits per heavy atom. The third-order valence-electron chi connectivity index (χ3n) is 2.96. The number of anilines is 1. The van der Waals surface area contributed by atoms with E-state index in [0.29, 0.717) is 17.9 Å². The zero-order chi connectivity index (χ0) is 12.4. The Morgan fingerprint density at radius 1 is 1.53 bits per heavy atom. The summed E-state index contributed by atoms with van der Waals surface area (Å²) in [6, 6.07) is 0. The van der Waals surface area contributed by atoms with Crippen molar-refractivity contribution < 1.29 is 4.79 Å². The number of nitrogen functional groups attached to an aromatic ring is 1. The van der Waals surface area contributed by atoms with E-state index in [1.807, 2.05) is 19.9 Å². The van der Waals surface area contributed by atoms with Crippen LogP contribution in [-0.4, -0.2) is 34.1 Å². The molecule has 1 aliphatic heterocycles. The first kappa shape index (κ1) is 11.7. The lowest BCUT2D eigenvalue weighted by molar-refractivity contribution is 0.0766. The Bertz CT molecular complexity index is 447. The lowest BCUT2D eigenvalue weighted by Gasteiger charge is -2.22. The number of carbonyl (C=O) groups excluding carboxylic acids is 1. The summed E-state index contributed by atoms with van der Waals surface area (Å²) in [5.74, 6) is 0.153. The Morgan fingerprint density at radius 3 is 2.82 bits per heavy atom. The maximum absolute atomic E-state index is 12.2. The van der Waals surface area contributed by atoms with Crippen LogP contribution in [0, 0.1) is 0 Å². The largest absolute Gasteiger partial charge is 0.395 e.